The summed E-state index contributed by atoms with van der Waals surface area (Å²) in [6.07, 6.45) is 5.59. The minimum absolute atomic E-state index is 0.269. The van der Waals surface area contributed by atoms with Crippen LogP contribution in [0.1, 0.15) is 32.6 Å². The van der Waals surface area contributed by atoms with Crippen molar-refractivity contribution in [3.8, 4) is 0 Å². The van der Waals surface area contributed by atoms with Crippen LogP contribution in [0.25, 0.3) is 0 Å². The van der Waals surface area contributed by atoms with Crippen molar-refractivity contribution in [3.05, 3.63) is 24.8 Å². The molecule has 0 unspecified atom stereocenters. The summed E-state index contributed by atoms with van der Waals surface area (Å²) < 4.78 is 4.83. The highest BCUT2D eigenvalue weighted by Gasteiger charge is 2.06. The van der Waals surface area contributed by atoms with Crippen LogP contribution in [0, 0.1) is 0 Å². The minimum Gasteiger partial charge on any atom is -0.458 e. The van der Waals surface area contributed by atoms with Gasteiger partial charge in [0.05, 0.1) is 0 Å². The number of ether oxygens (including phenoxy) is 1. The Labute approximate surface area is 80.3 Å². The normalized spacial score (nSPS) is 9.31. The molecule has 0 spiro atoms. The van der Waals surface area contributed by atoms with Gasteiger partial charge in [0.25, 0.3) is 0 Å². The topological polar surface area (TPSA) is 26.3 Å². The van der Waals surface area contributed by atoms with Gasteiger partial charge < -0.3 is 4.74 Å². The van der Waals surface area contributed by atoms with E-state index in [0.717, 1.165) is 25.7 Å². The molecule has 0 amide bonds. The highest BCUT2D eigenvalue weighted by Crippen LogP contribution is 2.08. The van der Waals surface area contributed by atoms with Gasteiger partial charge in [0, 0.05) is 5.57 Å². The number of esters is 1. The molecule has 2 heteroatoms. The van der Waals surface area contributed by atoms with Crippen molar-refractivity contribution in [2.24, 2.45) is 0 Å². The molecule has 0 atom stereocenters. The van der Waals surface area contributed by atoms with Gasteiger partial charge in [-0.05, 0) is 12.8 Å². The van der Waals surface area contributed by atoms with Gasteiger partial charge in [0.2, 0.25) is 0 Å². The van der Waals surface area contributed by atoms with Gasteiger partial charge in [0.1, 0.15) is 6.61 Å². The summed E-state index contributed by atoms with van der Waals surface area (Å²) in [5.41, 5.74) is 0.565. The highest BCUT2D eigenvalue weighted by atomic mass is 16.5. The predicted molar refractivity (Wildman–Crippen MR) is 54.4 cm³/mol. The monoisotopic (exact) mass is 182 g/mol. The zero-order chi connectivity index (χ0) is 10.1. The first-order valence-electron chi connectivity index (χ1n) is 4.68. The maximum atomic E-state index is 11.1. The van der Waals surface area contributed by atoms with Crippen LogP contribution in [-0.4, -0.2) is 12.6 Å². The molecule has 0 aromatic heterocycles. The number of carbonyl (C=O) groups is 1. The summed E-state index contributed by atoms with van der Waals surface area (Å²) in [6, 6.07) is 0. The zero-order valence-electron chi connectivity index (χ0n) is 8.34. The summed E-state index contributed by atoms with van der Waals surface area (Å²) in [5, 5.41) is 0. The number of hydrogen-bond acceptors (Lipinski definition) is 2. The Bertz CT molecular complexity index is 183. The first-order valence-corrected chi connectivity index (χ1v) is 4.68. The fourth-order valence-electron chi connectivity index (χ4n) is 0.927. The van der Waals surface area contributed by atoms with Crippen LogP contribution in [0.4, 0.5) is 0 Å². The van der Waals surface area contributed by atoms with Gasteiger partial charge in [0.15, 0.2) is 0 Å². The smallest absolute Gasteiger partial charge is 0.333 e. The summed E-state index contributed by atoms with van der Waals surface area (Å²) in [4.78, 5) is 11.1. The molecule has 0 radical (unpaired) electrons. The number of hydrogen-bond donors (Lipinski definition) is 0. The first-order chi connectivity index (χ1) is 6.22. The third-order valence-corrected chi connectivity index (χ3v) is 1.70. The van der Waals surface area contributed by atoms with Gasteiger partial charge in [-0.3, -0.25) is 0 Å². The molecule has 0 rings (SSSR count). The Balaban J connectivity index is 3.57. The van der Waals surface area contributed by atoms with E-state index in [1.807, 2.05) is 0 Å². The van der Waals surface area contributed by atoms with Crippen LogP contribution < -0.4 is 0 Å². The van der Waals surface area contributed by atoms with Crippen molar-refractivity contribution in [3.63, 3.8) is 0 Å². The van der Waals surface area contributed by atoms with E-state index >= 15 is 0 Å². The van der Waals surface area contributed by atoms with E-state index in [2.05, 4.69) is 20.1 Å². The molecule has 13 heavy (non-hydrogen) atoms. The lowest BCUT2D eigenvalue weighted by Crippen LogP contribution is -2.06. The molecular weight excluding hydrogens is 164 g/mol. The Kier molecular flexibility index (Phi) is 6.98. The molecule has 0 aliphatic rings. The van der Waals surface area contributed by atoms with E-state index in [4.69, 9.17) is 4.74 Å². The molecule has 0 aliphatic heterocycles. The molecular formula is C11H18O2. The molecule has 0 aromatic rings. The Morgan fingerprint density at radius 2 is 2.15 bits per heavy atom. The maximum Gasteiger partial charge on any atom is 0.333 e. The second kappa shape index (κ2) is 7.59. The molecule has 0 saturated carbocycles. The molecule has 0 N–H and O–H groups in total. The molecule has 0 heterocycles. The Hall–Kier alpha value is -1.05. The van der Waals surface area contributed by atoms with E-state index in [-0.39, 0.29) is 12.6 Å². The maximum absolute atomic E-state index is 11.1. The molecule has 0 aromatic carbocycles. The van der Waals surface area contributed by atoms with Crippen LogP contribution in [0.2, 0.25) is 0 Å². The van der Waals surface area contributed by atoms with Crippen molar-refractivity contribution in [1.82, 2.24) is 0 Å². The molecule has 0 aliphatic carbocycles. The largest absolute Gasteiger partial charge is 0.458 e. The number of carbonyl (C=O) groups excluding carboxylic acids is 1. The Morgan fingerprint density at radius 1 is 1.46 bits per heavy atom. The summed E-state index contributed by atoms with van der Waals surface area (Å²) in [6.45, 7) is 9.52. The van der Waals surface area contributed by atoms with Crippen molar-refractivity contribution in [2.75, 3.05) is 6.61 Å². The third-order valence-electron chi connectivity index (χ3n) is 1.70. The van der Waals surface area contributed by atoms with Gasteiger partial charge in [-0.15, -0.1) is 0 Å². The summed E-state index contributed by atoms with van der Waals surface area (Å²) in [7, 11) is 0. The van der Waals surface area contributed by atoms with Crippen LogP contribution in [-0.2, 0) is 9.53 Å². The van der Waals surface area contributed by atoms with Crippen LogP contribution >= 0.6 is 0 Å². The summed E-state index contributed by atoms with van der Waals surface area (Å²) >= 11 is 0. The lowest BCUT2D eigenvalue weighted by Gasteiger charge is -2.04. The predicted octanol–water partition coefficient (Wildman–Crippen LogP) is 2.85. The van der Waals surface area contributed by atoms with Gasteiger partial charge in [-0.25, -0.2) is 4.79 Å². The van der Waals surface area contributed by atoms with E-state index in [1.54, 1.807) is 6.08 Å². The van der Waals surface area contributed by atoms with E-state index in [0.29, 0.717) is 5.57 Å². The fraction of sp³-hybridized carbons (Fsp3) is 0.545. The average molecular weight is 182 g/mol. The van der Waals surface area contributed by atoms with Crippen molar-refractivity contribution < 1.29 is 9.53 Å². The summed E-state index contributed by atoms with van der Waals surface area (Å²) in [5.74, 6) is -0.295. The Morgan fingerprint density at radius 3 is 2.69 bits per heavy atom. The molecule has 2 nitrogen and oxygen atoms in total. The SMILES string of the molecule is C=CCOC(=O)C(=C)CCCCC. The van der Waals surface area contributed by atoms with E-state index < -0.39 is 0 Å². The average Bonchev–Trinajstić information content (AvgIpc) is 2.14. The van der Waals surface area contributed by atoms with Gasteiger partial charge >= 0.3 is 5.97 Å². The lowest BCUT2D eigenvalue weighted by molar-refractivity contribution is -0.137. The first kappa shape index (κ1) is 11.9. The highest BCUT2D eigenvalue weighted by molar-refractivity contribution is 5.87. The standard InChI is InChI=1S/C11H18O2/c1-4-6-7-8-10(3)11(12)13-9-5-2/h5H,2-4,6-9H2,1H3. The van der Waals surface area contributed by atoms with Crippen LogP contribution in [0.5, 0.6) is 0 Å². The van der Waals surface area contributed by atoms with Gasteiger partial charge in [-0.2, -0.15) is 0 Å². The molecule has 0 bridgehead atoms. The fourth-order valence-corrected chi connectivity index (χ4v) is 0.927. The zero-order valence-corrected chi connectivity index (χ0v) is 8.34. The number of rotatable bonds is 7. The molecule has 0 saturated heterocycles. The van der Waals surface area contributed by atoms with Crippen molar-refractivity contribution in [2.45, 2.75) is 32.6 Å². The van der Waals surface area contributed by atoms with E-state index in [1.165, 1.54) is 0 Å². The van der Waals surface area contributed by atoms with Crippen LogP contribution in [0.3, 0.4) is 0 Å². The molecule has 74 valence electrons. The lowest BCUT2D eigenvalue weighted by atomic mass is 10.1. The number of unbranched alkanes of at least 4 members (excludes halogenated alkanes) is 2. The van der Waals surface area contributed by atoms with Gasteiger partial charge in [-0.1, -0.05) is 39.0 Å². The second-order valence-electron chi connectivity index (χ2n) is 2.95. The quantitative estimate of drug-likeness (QED) is 0.262. The van der Waals surface area contributed by atoms with Crippen LogP contribution in [0.15, 0.2) is 24.8 Å². The second-order valence-corrected chi connectivity index (χ2v) is 2.95. The third kappa shape index (κ3) is 6.14. The van der Waals surface area contributed by atoms with E-state index in [9.17, 15) is 4.79 Å². The van der Waals surface area contributed by atoms with Crippen molar-refractivity contribution in [1.29, 1.82) is 0 Å². The van der Waals surface area contributed by atoms with Crippen molar-refractivity contribution >= 4 is 5.97 Å². The molecule has 0 fully saturated rings. The minimum atomic E-state index is -0.295.